The Bertz CT molecular complexity index is 402. The summed E-state index contributed by atoms with van der Waals surface area (Å²) in [6.07, 6.45) is 3.41. The van der Waals surface area contributed by atoms with Gasteiger partial charge < -0.3 is 9.63 Å². The third kappa shape index (κ3) is 2.33. The van der Waals surface area contributed by atoms with Crippen LogP contribution in [0.2, 0.25) is 0 Å². The van der Waals surface area contributed by atoms with E-state index in [2.05, 4.69) is 17.1 Å². The normalized spacial score (nSPS) is 26.0. The highest BCUT2D eigenvalue weighted by Gasteiger charge is 2.37. The molecule has 5 nitrogen and oxygen atoms in total. The van der Waals surface area contributed by atoms with Crippen LogP contribution < -0.4 is 0 Å². The Kier molecular flexibility index (Phi) is 3.45. The van der Waals surface area contributed by atoms with Crippen LogP contribution in [0.3, 0.4) is 0 Å². The second kappa shape index (κ2) is 4.85. The average Bonchev–Trinajstić information content (AvgIpc) is 2.95. The molecule has 1 N–H and O–H groups in total. The van der Waals surface area contributed by atoms with Crippen LogP contribution in [-0.2, 0) is 4.79 Å². The lowest BCUT2D eigenvalue weighted by Crippen LogP contribution is -2.17. The molecule has 1 aliphatic rings. The van der Waals surface area contributed by atoms with Gasteiger partial charge in [-0.2, -0.15) is 4.98 Å². The number of carbonyl (C=O) groups is 1. The van der Waals surface area contributed by atoms with Crippen LogP contribution in [0, 0.1) is 5.92 Å². The van der Waals surface area contributed by atoms with E-state index in [9.17, 15) is 4.79 Å². The molecule has 1 aromatic heterocycles. The van der Waals surface area contributed by atoms with Crippen molar-refractivity contribution in [2.75, 3.05) is 0 Å². The Morgan fingerprint density at radius 1 is 1.59 bits per heavy atom. The van der Waals surface area contributed by atoms with Gasteiger partial charge in [0.05, 0.1) is 11.8 Å². The SMILES string of the molecule is CCC(C)c1noc(C2CCCC2C(=O)O)n1. The van der Waals surface area contributed by atoms with Gasteiger partial charge in [-0.3, -0.25) is 4.79 Å². The molecule has 94 valence electrons. The number of aliphatic carboxylic acids is 1. The molecule has 1 aromatic rings. The van der Waals surface area contributed by atoms with E-state index in [1.54, 1.807) is 0 Å². The molecule has 0 bridgehead atoms. The van der Waals surface area contributed by atoms with Crippen molar-refractivity contribution < 1.29 is 14.4 Å². The van der Waals surface area contributed by atoms with Crippen LogP contribution in [0.15, 0.2) is 4.52 Å². The molecule has 3 atom stereocenters. The van der Waals surface area contributed by atoms with Gasteiger partial charge in [0.25, 0.3) is 0 Å². The van der Waals surface area contributed by atoms with E-state index in [0.717, 1.165) is 19.3 Å². The summed E-state index contributed by atoms with van der Waals surface area (Å²) < 4.78 is 5.23. The van der Waals surface area contributed by atoms with Crippen molar-refractivity contribution in [1.29, 1.82) is 0 Å². The monoisotopic (exact) mass is 238 g/mol. The molecule has 0 saturated heterocycles. The molecule has 2 rings (SSSR count). The van der Waals surface area contributed by atoms with E-state index in [0.29, 0.717) is 18.1 Å². The van der Waals surface area contributed by atoms with Gasteiger partial charge in [0.15, 0.2) is 5.82 Å². The Morgan fingerprint density at radius 3 is 3.00 bits per heavy atom. The molecular formula is C12H18N2O3. The maximum Gasteiger partial charge on any atom is 0.307 e. The van der Waals surface area contributed by atoms with E-state index in [1.165, 1.54) is 0 Å². The third-order valence-corrected chi connectivity index (χ3v) is 3.66. The molecule has 3 unspecified atom stereocenters. The number of nitrogens with zero attached hydrogens (tertiary/aromatic N) is 2. The highest BCUT2D eigenvalue weighted by atomic mass is 16.5. The molecule has 0 spiro atoms. The van der Waals surface area contributed by atoms with Gasteiger partial charge >= 0.3 is 5.97 Å². The topological polar surface area (TPSA) is 76.2 Å². The predicted molar refractivity (Wildman–Crippen MR) is 60.7 cm³/mol. The van der Waals surface area contributed by atoms with E-state index in [1.807, 2.05) is 6.92 Å². The molecule has 1 heterocycles. The summed E-state index contributed by atoms with van der Waals surface area (Å²) in [7, 11) is 0. The molecule has 1 aliphatic carbocycles. The van der Waals surface area contributed by atoms with Crippen LogP contribution in [0.25, 0.3) is 0 Å². The van der Waals surface area contributed by atoms with Crippen LogP contribution in [-0.4, -0.2) is 21.2 Å². The zero-order valence-electron chi connectivity index (χ0n) is 10.2. The number of hydrogen-bond donors (Lipinski definition) is 1. The zero-order chi connectivity index (χ0) is 12.4. The number of carboxylic acids is 1. The maximum atomic E-state index is 11.1. The van der Waals surface area contributed by atoms with Crippen molar-refractivity contribution in [3.8, 4) is 0 Å². The minimum absolute atomic E-state index is 0.0993. The van der Waals surface area contributed by atoms with Gasteiger partial charge in [-0.05, 0) is 19.3 Å². The van der Waals surface area contributed by atoms with Crippen LogP contribution >= 0.6 is 0 Å². The van der Waals surface area contributed by atoms with Crippen molar-refractivity contribution in [3.63, 3.8) is 0 Å². The minimum atomic E-state index is -0.754. The molecule has 0 aliphatic heterocycles. The van der Waals surface area contributed by atoms with E-state index >= 15 is 0 Å². The van der Waals surface area contributed by atoms with E-state index < -0.39 is 5.97 Å². The smallest absolute Gasteiger partial charge is 0.307 e. The quantitative estimate of drug-likeness (QED) is 0.872. The zero-order valence-corrected chi connectivity index (χ0v) is 10.2. The van der Waals surface area contributed by atoms with Crippen molar-refractivity contribution in [2.24, 2.45) is 5.92 Å². The molecule has 0 amide bonds. The summed E-state index contributed by atoms with van der Waals surface area (Å²) in [4.78, 5) is 15.4. The standard InChI is InChI=1S/C12H18N2O3/c1-3-7(2)10-13-11(17-14-10)8-5-4-6-9(8)12(15)16/h7-9H,3-6H2,1-2H3,(H,15,16). The molecule has 1 saturated carbocycles. The number of rotatable bonds is 4. The summed E-state index contributed by atoms with van der Waals surface area (Å²) in [6.45, 7) is 4.11. The first-order valence-corrected chi connectivity index (χ1v) is 6.19. The highest BCUT2D eigenvalue weighted by Crippen LogP contribution is 2.39. The lowest BCUT2D eigenvalue weighted by Gasteiger charge is -2.10. The average molecular weight is 238 g/mol. The number of carboxylic acid groups (broad SMARTS) is 1. The maximum absolute atomic E-state index is 11.1. The first-order chi connectivity index (χ1) is 8.13. The van der Waals surface area contributed by atoms with Gasteiger partial charge in [0, 0.05) is 5.92 Å². The Hall–Kier alpha value is -1.39. The van der Waals surface area contributed by atoms with Crippen molar-refractivity contribution in [1.82, 2.24) is 10.1 Å². The highest BCUT2D eigenvalue weighted by molar-refractivity contribution is 5.71. The lowest BCUT2D eigenvalue weighted by atomic mass is 9.96. The van der Waals surface area contributed by atoms with Gasteiger partial charge in [-0.15, -0.1) is 0 Å². The van der Waals surface area contributed by atoms with Gasteiger partial charge in [-0.25, -0.2) is 0 Å². The summed E-state index contributed by atoms with van der Waals surface area (Å²) in [5.74, 6) is 0.245. The molecule has 0 radical (unpaired) electrons. The largest absolute Gasteiger partial charge is 0.481 e. The van der Waals surface area contributed by atoms with Crippen LogP contribution in [0.5, 0.6) is 0 Å². The van der Waals surface area contributed by atoms with Crippen molar-refractivity contribution in [3.05, 3.63) is 11.7 Å². The number of aromatic nitrogens is 2. The molecular weight excluding hydrogens is 220 g/mol. The molecule has 17 heavy (non-hydrogen) atoms. The minimum Gasteiger partial charge on any atom is -0.481 e. The fourth-order valence-corrected chi connectivity index (χ4v) is 2.33. The fourth-order valence-electron chi connectivity index (χ4n) is 2.33. The third-order valence-electron chi connectivity index (χ3n) is 3.66. The van der Waals surface area contributed by atoms with Gasteiger partial charge in [0.1, 0.15) is 0 Å². The Balaban J connectivity index is 2.17. The second-order valence-corrected chi connectivity index (χ2v) is 4.78. The van der Waals surface area contributed by atoms with E-state index in [-0.39, 0.29) is 17.8 Å². The second-order valence-electron chi connectivity index (χ2n) is 4.78. The number of hydrogen-bond acceptors (Lipinski definition) is 4. The van der Waals surface area contributed by atoms with Crippen LogP contribution in [0.1, 0.15) is 63.1 Å². The summed E-state index contributed by atoms with van der Waals surface area (Å²) in [6, 6.07) is 0. The first kappa shape index (κ1) is 12.1. The summed E-state index contributed by atoms with van der Waals surface area (Å²) in [5, 5.41) is 13.1. The Morgan fingerprint density at radius 2 is 2.35 bits per heavy atom. The lowest BCUT2D eigenvalue weighted by molar-refractivity contribution is -0.142. The Labute approximate surface area is 100 Å². The molecule has 0 aromatic carbocycles. The first-order valence-electron chi connectivity index (χ1n) is 6.19. The van der Waals surface area contributed by atoms with E-state index in [4.69, 9.17) is 9.63 Å². The molecule has 1 fully saturated rings. The summed E-state index contributed by atoms with van der Waals surface area (Å²) >= 11 is 0. The van der Waals surface area contributed by atoms with Crippen molar-refractivity contribution in [2.45, 2.75) is 51.4 Å². The summed E-state index contributed by atoms with van der Waals surface area (Å²) in [5.41, 5.74) is 0. The van der Waals surface area contributed by atoms with Gasteiger partial charge in [0.2, 0.25) is 5.89 Å². The van der Waals surface area contributed by atoms with Crippen LogP contribution in [0.4, 0.5) is 0 Å². The van der Waals surface area contributed by atoms with Crippen molar-refractivity contribution >= 4 is 5.97 Å². The molecule has 5 heteroatoms. The van der Waals surface area contributed by atoms with Gasteiger partial charge in [-0.1, -0.05) is 25.4 Å². The fraction of sp³-hybridized carbons (Fsp3) is 0.750. The predicted octanol–water partition coefficient (Wildman–Crippen LogP) is 2.55.